The molecule has 2 heterocycles. The van der Waals surface area contributed by atoms with Crippen molar-refractivity contribution in [3.63, 3.8) is 0 Å². The first-order chi connectivity index (χ1) is 10.2. The van der Waals surface area contributed by atoms with E-state index in [0.717, 1.165) is 41.4 Å². The van der Waals surface area contributed by atoms with Gasteiger partial charge in [0.2, 0.25) is 0 Å². The molecule has 0 atom stereocenters. The number of halogens is 2. The highest BCUT2D eigenvalue weighted by Crippen LogP contribution is 2.31. The zero-order valence-electron chi connectivity index (χ0n) is 11.7. The molecule has 5 heteroatoms. The number of para-hydroxylation sites is 1. The summed E-state index contributed by atoms with van der Waals surface area (Å²) in [6.07, 6.45) is 2.35. The summed E-state index contributed by atoms with van der Waals surface area (Å²) in [5.41, 5.74) is 2.91. The smallest absolute Gasteiger partial charge is 0.107 e. The van der Waals surface area contributed by atoms with Crippen LogP contribution in [0, 0.1) is 0 Å². The van der Waals surface area contributed by atoms with Crippen molar-refractivity contribution >= 4 is 44.6 Å². The Morgan fingerprint density at radius 2 is 2.19 bits per heavy atom. The van der Waals surface area contributed by atoms with E-state index >= 15 is 0 Å². The van der Waals surface area contributed by atoms with E-state index in [4.69, 9.17) is 11.6 Å². The van der Waals surface area contributed by atoms with Gasteiger partial charge in [-0.2, -0.15) is 0 Å². The van der Waals surface area contributed by atoms with Gasteiger partial charge in [-0.3, -0.25) is 0 Å². The van der Waals surface area contributed by atoms with Crippen LogP contribution < -0.4 is 10.2 Å². The highest BCUT2D eigenvalue weighted by Gasteiger charge is 2.17. The Balaban J connectivity index is 1.39. The summed E-state index contributed by atoms with van der Waals surface area (Å²) < 4.78 is 1.83. The Hall–Kier alpha value is -0.550. The second kappa shape index (κ2) is 7.14. The maximum absolute atomic E-state index is 6.04. The van der Waals surface area contributed by atoms with E-state index in [9.17, 15) is 0 Å². The molecular formula is C16H18BrClN2S. The minimum atomic E-state index is 0.834. The molecular weight excluding hydrogens is 368 g/mol. The summed E-state index contributed by atoms with van der Waals surface area (Å²) in [4.78, 5) is 3.77. The van der Waals surface area contributed by atoms with Crippen LogP contribution in [0.1, 0.15) is 16.9 Å². The zero-order valence-corrected chi connectivity index (χ0v) is 14.9. The van der Waals surface area contributed by atoms with Crippen LogP contribution in [-0.4, -0.2) is 19.6 Å². The maximum atomic E-state index is 6.04. The Bertz CT molecular complexity index is 595. The molecule has 0 amide bonds. The second-order valence-electron chi connectivity index (χ2n) is 5.23. The van der Waals surface area contributed by atoms with Crippen LogP contribution in [0.3, 0.4) is 0 Å². The topological polar surface area (TPSA) is 15.3 Å². The molecule has 2 nitrogen and oxygen atoms in total. The number of nitrogens with one attached hydrogen (secondary N) is 1. The lowest BCUT2D eigenvalue weighted by Crippen LogP contribution is -2.25. The minimum absolute atomic E-state index is 0.834. The molecule has 0 saturated carbocycles. The highest BCUT2D eigenvalue weighted by atomic mass is 79.9. The fourth-order valence-electron chi connectivity index (χ4n) is 2.72. The van der Waals surface area contributed by atoms with Gasteiger partial charge in [0, 0.05) is 34.7 Å². The van der Waals surface area contributed by atoms with Crippen LogP contribution in [0.15, 0.2) is 34.8 Å². The number of thiophene rings is 1. The number of nitrogens with zero attached hydrogens (tertiary/aromatic N) is 1. The van der Waals surface area contributed by atoms with Gasteiger partial charge >= 0.3 is 0 Å². The van der Waals surface area contributed by atoms with Gasteiger partial charge in [-0.25, -0.2) is 0 Å². The molecule has 1 aromatic heterocycles. The molecule has 0 radical (unpaired) electrons. The van der Waals surface area contributed by atoms with Crippen LogP contribution in [0.2, 0.25) is 4.34 Å². The van der Waals surface area contributed by atoms with Gasteiger partial charge in [0.25, 0.3) is 0 Å². The summed E-state index contributed by atoms with van der Waals surface area (Å²) in [6.45, 7) is 4.21. The molecule has 3 rings (SSSR count). The lowest BCUT2D eigenvalue weighted by molar-refractivity contribution is 0.642. The Morgan fingerprint density at radius 3 is 3.00 bits per heavy atom. The van der Waals surface area contributed by atoms with Crippen molar-refractivity contribution in [1.29, 1.82) is 0 Å². The average molecular weight is 386 g/mol. The molecule has 2 aromatic rings. The second-order valence-corrected chi connectivity index (χ2v) is 7.82. The quantitative estimate of drug-likeness (QED) is 0.725. The van der Waals surface area contributed by atoms with E-state index in [2.05, 4.69) is 56.5 Å². The molecule has 112 valence electrons. The van der Waals surface area contributed by atoms with Crippen LogP contribution in [0.4, 0.5) is 5.69 Å². The van der Waals surface area contributed by atoms with Crippen molar-refractivity contribution in [3.05, 3.63) is 49.6 Å². The number of anilines is 1. The number of rotatable bonds is 6. The van der Waals surface area contributed by atoms with Gasteiger partial charge in [-0.15, -0.1) is 11.3 Å². The molecule has 0 spiro atoms. The number of hydrogen-bond acceptors (Lipinski definition) is 3. The third-order valence-electron chi connectivity index (χ3n) is 3.76. The van der Waals surface area contributed by atoms with Crippen molar-refractivity contribution < 1.29 is 0 Å². The van der Waals surface area contributed by atoms with Crippen molar-refractivity contribution in [2.24, 2.45) is 0 Å². The third kappa shape index (κ3) is 3.81. The summed E-state index contributed by atoms with van der Waals surface area (Å²) >= 11 is 11.1. The summed E-state index contributed by atoms with van der Waals surface area (Å²) in [5, 5.41) is 3.49. The molecule has 0 unspecified atom stereocenters. The zero-order chi connectivity index (χ0) is 14.7. The Morgan fingerprint density at radius 1 is 1.33 bits per heavy atom. The molecule has 1 N–H and O–H groups in total. The number of benzene rings is 1. The van der Waals surface area contributed by atoms with Crippen molar-refractivity contribution in [2.45, 2.75) is 19.4 Å². The molecule has 0 fully saturated rings. The van der Waals surface area contributed by atoms with Crippen LogP contribution in [0.25, 0.3) is 0 Å². The standard InChI is InChI=1S/C16H18BrClN2S/c17-14-10-13(21-16(14)18)11-19-7-3-8-20-9-6-12-4-1-2-5-15(12)20/h1-2,4-5,10,19H,3,6-9,11H2. The lowest BCUT2D eigenvalue weighted by atomic mass is 10.2. The Kier molecular flexibility index (Phi) is 5.22. The van der Waals surface area contributed by atoms with E-state index < -0.39 is 0 Å². The van der Waals surface area contributed by atoms with Gasteiger partial charge in [0.1, 0.15) is 4.34 Å². The minimum Gasteiger partial charge on any atom is -0.371 e. The normalized spacial score (nSPS) is 13.7. The van der Waals surface area contributed by atoms with Gasteiger partial charge in [-0.1, -0.05) is 29.8 Å². The number of hydrogen-bond donors (Lipinski definition) is 1. The lowest BCUT2D eigenvalue weighted by Gasteiger charge is -2.19. The van der Waals surface area contributed by atoms with E-state index in [-0.39, 0.29) is 0 Å². The van der Waals surface area contributed by atoms with Gasteiger partial charge in [0.05, 0.1) is 0 Å². The molecule has 1 aliphatic heterocycles. The van der Waals surface area contributed by atoms with E-state index in [0.29, 0.717) is 0 Å². The SMILES string of the molecule is Clc1sc(CNCCCN2CCc3ccccc32)cc1Br. The molecule has 0 saturated heterocycles. The van der Waals surface area contributed by atoms with Gasteiger partial charge in [-0.05, 0) is 53.0 Å². The number of fused-ring (bicyclic) bond motifs is 1. The van der Waals surface area contributed by atoms with Gasteiger partial charge in [0.15, 0.2) is 0 Å². The first-order valence-electron chi connectivity index (χ1n) is 7.21. The third-order valence-corrected chi connectivity index (χ3v) is 6.24. The molecule has 1 aliphatic rings. The van der Waals surface area contributed by atoms with Crippen LogP contribution >= 0.6 is 38.9 Å². The summed E-state index contributed by atoms with van der Waals surface area (Å²) in [7, 11) is 0. The summed E-state index contributed by atoms with van der Waals surface area (Å²) in [5.74, 6) is 0. The van der Waals surface area contributed by atoms with E-state index in [1.165, 1.54) is 22.5 Å². The fraction of sp³-hybridized carbons (Fsp3) is 0.375. The fourth-order valence-corrected chi connectivity index (χ4v) is 4.48. The average Bonchev–Trinajstić information content (AvgIpc) is 3.03. The van der Waals surface area contributed by atoms with Gasteiger partial charge < -0.3 is 10.2 Å². The highest BCUT2D eigenvalue weighted by molar-refractivity contribution is 9.10. The first kappa shape index (κ1) is 15.3. The monoisotopic (exact) mass is 384 g/mol. The van der Waals surface area contributed by atoms with Crippen molar-refractivity contribution in [2.75, 3.05) is 24.5 Å². The van der Waals surface area contributed by atoms with E-state index in [1.807, 2.05) is 0 Å². The first-order valence-corrected chi connectivity index (χ1v) is 9.20. The maximum Gasteiger partial charge on any atom is 0.107 e. The van der Waals surface area contributed by atoms with Crippen LogP contribution in [0.5, 0.6) is 0 Å². The molecule has 1 aromatic carbocycles. The summed E-state index contributed by atoms with van der Waals surface area (Å²) in [6, 6.07) is 10.8. The molecule has 21 heavy (non-hydrogen) atoms. The van der Waals surface area contributed by atoms with Crippen LogP contribution in [-0.2, 0) is 13.0 Å². The molecule has 0 aliphatic carbocycles. The van der Waals surface area contributed by atoms with E-state index in [1.54, 1.807) is 11.3 Å². The Labute approximate surface area is 143 Å². The predicted octanol–water partition coefficient (Wildman–Crippen LogP) is 4.71. The van der Waals surface area contributed by atoms with Crippen molar-refractivity contribution in [3.8, 4) is 0 Å². The predicted molar refractivity (Wildman–Crippen MR) is 95.7 cm³/mol. The largest absolute Gasteiger partial charge is 0.371 e. The van der Waals surface area contributed by atoms with Crippen molar-refractivity contribution in [1.82, 2.24) is 5.32 Å². The molecule has 0 bridgehead atoms.